The normalized spacial score (nSPS) is 12.2. The van der Waals surface area contributed by atoms with Crippen LogP contribution in [0.15, 0.2) is 24.3 Å². The van der Waals surface area contributed by atoms with Gasteiger partial charge in [0.2, 0.25) is 0 Å². The molecule has 0 saturated heterocycles. The molecule has 16 heavy (non-hydrogen) atoms. The van der Waals surface area contributed by atoms with Gasteiger partial charge in [-0.2, -0.15) is 0 Å². The van der Waals surface area contributed by atoms with E-state index in [1.54, 1.807) is 0 Å². The number of rotatable bonds is 5. The Bertz CT molecular complexity index is 332. The van der Waals surface area contributed by atoms with Gasteiger partial charge in [-0.05, 0) is 30.0 Å². The van der Waals surface area contributed by atoms with Gasteiger partial charge in [-0.1, -0.05) is 37.1 Å². The number of hydrogen-bond donors (Lipinski definition) is 0. The largest absolute Gasteiger partial charge is 0.469 e. The molecule has 0 aliphatic rings. The third kappa shape index (κ3) is 3.86. The zero-order valence-corrected chi connectivity index (χ0v) is 10.5. The van der Waals surface area contributed by atoms with E-state index in [2.05, 4.69) is 6.92 Å². The predicted octanol–water partition coefficient (Wildman–Crippen LogP) is 3.79. The van der Waals surface area contributed by atoms with E-state index >= 15 is 0 Å². The van der Waals surface area contributed by atoms with E-state index in [0.29, 0.717) is 6.42 Å². The van der Waals surface area contributed by atoms with E-state index in [9.17, 15) is 4.79 Å². The maximum Gasteiger partial charge on any atom is 0.306 e. The second-order valence-electron chi connectivity index (χ2n) is 3.82. The minimum Gasteiger partial charge on any atom is -0.469 e. The summed E-state index contributed by atoms with van der Waals surface area (Å²) in [6, 6.07) is 7.67. The van der Waals surface area contributed by atoms with Crippen molar-refractivity contribution in [3.63, 3.8) is 0 Å². The molecule has 0 aliphatic carbocycles. The third-order valence-electron chi connectivity index (χ3n) is 2.62. The molecule has 1 aromatic carbocycles. The molecule has 1 aromatic rings. The van der Waals surface area contributed by atoms with Crippen LogP contribution in [-0.2, 0) is 9.53 Å². The van der Waals surface area contributed by atoms with Gasteiger partial charge in [0.05, 0.1) is 13.5 Å². The average molecular weight is 241 g/mol. The Kier molecular flexibility index (Phi) is 5.33. The maximum atomic E-state index is 11.3. The number of benzene rings is 1. The monoisotopic (exact) mass is 240 g/mol. The molecule has 88 valence electrons. The Hall–Kier alpha value is -1.02. The van der Waals surface area contributed by atoms with Crippen molar-refractivity contribution in [1.82, 2.24) is 0 Å². The van der Waals surface area contributed by atoms with Gasteiger partial charge in [0.15, 0.2) is 0 Å². The summed E-state index contributed by atoms with van der Waals surface area (Å²) in [5.74, 6) is 0.0723. The van der Waals surface area contributed by atoms with Crippen LogP contribution in [0.3, 0.4) is 0 Å². The van der Waals surface area contributed by atoms with Crippen molar-refractivity contribution < 1.29 is 9.53 Å². The molecule has 0 N–H and O–H groups in total. The van der Waals surface area contributed by atoms with Crippen LogP contribution in [0.1, 0.15) is 37.7 Å². The molecular weight excluding hydrogens is 224 g/mol. The molecule has 3 heteroatoms. The van der Waals surface area contributed by atoms with Gasteiger partial charge in [-0.25, -0.2) is 0 Å². The summed E-state index contributed by atoms with van der Waals surface area (Å²) in [4.78, 5) is 11.3. The van der Waals surface area contributed by atoms with E-state index in [0.717, 1.165) is 23.4 Å². The van der Waals surface area contributed by atoms with Crippen LogP contribution in [0.4, 0.5) is 0 Å². The fraction of sp³-hybridized carbons (Fsp3) is 0.462. The molecule has 0 amide bonds. The second-order valence-corrected chi connectivity index (χ2v) is 4.25. The highest BCUT2D eigenvalue weighted by molar-refractivity contribution is 6.30. The molecule has 0 saturated carbocycles. The minimum atomic E-state index is -0.159. The smallest absolute Gasteiger partial charge is 0.306 e. The van der Waals surface area contributed by atoms with Gasteiger partial charge in [0, 0.05) is 5.02 Å². The summed E-state index contributed by atoms with van der Waals surface area (Å²) in [5, 5.41) is 0.720. The highest BCUT2D eigenvalue weighted by atomic mass is 35.5. The SMILES string of the molecule is CCCC(CC(=O)OC)c1ccc(Cl)cc1. The Morgan fingerprint density at radius 1 is 1.38 bits per heavy atom. The first kappa shape index (κ1) is 13.0. The van der Waals surface area contributed by atoms with Crippen molar-refractivity contribution in [3.05, 3.63) is 34.9 Å². The number of carbonyl (C=O) groups is 1. The van der Waals surface area contributed by atoms with Crippen LogP contribution in [0, 0.1) is 0 Å². The first-order valence-corrected chi connectivity index (χ1v) is 5.87. The van der Waals surface area contributed by atoms with Crippen LogP contribution in [0.25, 0.3) is 0 Å². The van der Waals surface area contributed by atoms with Crippen molar-refractivity contribution in [1.29, 1.82) is 0 Å². The number of carbonyl (C=O) groups excluding carboxylic acids is 1. The first-order chi connectivity index (χ1) is 7.67. The van der Waals surface area contributed by atoms with Gasteiger partial charge >= 0.3 is 5.97 Å². The molecule has 0 aliphatic heterocycles. The Morgan fingerprint density at radius 3 is 2.50 bits per heavy atom. The highest BCUT2D eigenvalue weighted by Gasteiger charge is 2.15. The molecule has 0 bridgehead atoms. The predicted molar refractivity (Wildman–Crippen MR) is 65.7 cm³/mol. The van der Waals surface area contributed by atoms with Crippen molar-refractivity contribution in [2.75, 3.05) is 7.11 Å². The van der Waals surface area contributed by atoms with Crippen molar-refractivity contribution in [2.45, 2.75) is 32.1 Å². The molecule has 1 atom stereocenters. The topological polar surface area (TPSA) is 26.3 Å². The first-order valence-electron chi connectivity index (χ1n) is 5.49. The summed E-state index contributed by atoms with van der Waals surface area (Å²) in [7, 11) is 1.42. The van der Waals surface area contributed by atoms with Gasteiger partial charge < -0.3 is 4.74 Å². The van der Waals surface area contributed by atoms with Gasteiger partial charge in [0.1, 0.15) is 0 Å². The Labute approximate surface area is 102 Å². The summed E-state index contributed by atoms with van der Waals surface area (Å²) >= 11 is 5.83. The molecule has 1 unspecified atom stereocenters. The molecule has 0 aromatic heterocycles. The quantitative estimate of drug-likeness (QED) is 0.732. The van der Waals surface area contributed by atoms with Gasteiger partial charge in [-0.3, -0.25) is 4.79 Å². The third-order valence-corrected chi connectivity index (χ3v) is 2.87. The average Bonchev–Trinajstić information content (AvgIpc) is 2.29. The van der Waals surface area contributed by atoms with E-state index in [1.165, 1.54) is 7.11 Å². The zero-order valence-electron chi connectivity index (χ0n) is 9.70. The van der Waals surface area contributed by atoms with Crippen molar-refractivity contribution in [3.8, 4) is 0 Å². The number of hydrogen-bond acceptors (Lipinski definition) is 2. The number of methoxy groups -OCH3 is 1. The lowest BCUT2D eigenvalue weighted by Crippen LogP contribution is -2.08. The lowest BCUT2D eigenvalue weighted by Gasteiger charge is -2.15. The zero-order chi connectivity index (χ0) is 12.0. The molecule has 1 rings (SSSR count). The van der Waals surface area contributed by atoms with E-state index in [1.807, 2.05) is 24.3 Å². The summed E-state index contributed by atoms with van der Waals surface area (Å²) in [5.41, 5.74) is 1.15. The standard InChI is InChI=1S/C13H17ClO2/c1-3-4-11(9-13(15)16-2)10-5-7-12(14)8-6-10/h5-8,11H,3-4,9H2,1-2H3. The fourth-order valence-electron chi connectivity index (χ4n) is 1.75. The van der Waals surface area contributed by atoms with Crippen LogP contribution in [0.2, 0.25) is 5.02 Å². The lowest BCUT2D eigenvalue weighted by atomic mass is 9.91. The summed E-state index contributed by atoms with van der Waals surface area (Å²) in [6.07, 6.45) is 2.47. The molecule has 0 radical (unpaired) electrons. The Balaban J connectivity index is 2.76. The number of esters is 1. The maximum absolute atomic E-state index is 11.3. The second kappa shape index (κ2) is 6.54. The van der Waals surface area contributed by atoms with Crippen LogP contribution >= 0.6 is 11.6 Å². The van der Waals surface area contributed by atoms with Gasteiger partial charge in [-0.15, -0.1) is 0 Å². The summed E-state index contributed by atoms with van der Waals surface area (Å²) in [6.45, 7) is 2.11. The minimum absolute atomic E-state index is 0.159. The number of ether oxygens (including phenoxy) is 1. The molecule has 0 heterocycles. The fourth-order valence-corrected chi connectivity index (χ4v) is 1.88. The van der Waals surface area contributed by atoms with E-state index in [-0.39, 0.29) is 11.9 Å². The summed E-state index contributed by atoms with van der Waals surface area (Å²) < 4.78 is 4.71. The molecule has 0 spiro atoms. The Morgan fingerprint density at radius 2 is 2.00 bits per heavy atom. The molecule has 2 nitrogen and oxygen atoms in total. The van der Waals surface area contributed by atoms with Crippen molar-refractivity contribution in [2.24, 2.45) is 0 Å². The van der Waals surface area contributed by atoms with Crippen LogP contribution in [0.5, 0.6) is 0 Å². The van der Waals surface area contributed by atoms with Gasteiger partial charge in [0.25, 0.3) is 0 Å². The van der Waals surface area contributed by atoms with Crippen LogP contribution in [-0.4, -0.2) is 13.1 Å². The molecule has 0 fully saturated rings. The molecular formula is C13H17ClO2. The van der Waals surface area contributed by atoms with Crippen molar-refractivity contribution >= 4 is 17.6 Å². The van der Waals surface area contributed by atoms with Crippen LogP contribution < -0.4 is 0 Å². The lowest BCUT2D eigenvalue weighted by molar-refractivity contribution is -0.141. The van der Waals surface area contributed by atoms with E-state index in [4.69, 9.17) is 16.3 Å². The number of halogens is 1. The van der Waals surface area contributed by atoms with E-state index < -0.39 is 0 Å². The highest BCUT2D eigenvalue weighted by Crippen LogP contribution is 2.26.